The number of carbonyl (C=O) groups excluding carboxylic acids is 1. The minimum Gasteiger partial charge on any atom is -0.287 e. The molecule has 1 aromatic carbocycles. The third-order valence-electron chi connectivity index (χ3n) is 3.03. The van der Waals surface area contributed by atoms with Gasteiger partial charge >= 0.3 is 0 Å². The minimum absolute atomic E-state index is 0.126. The van der Waals surface area contributed by atoms with Gasteiger partial charge in [-0.15, -0.1) is 0 Å². The Bertz CT molecular complexity index is 814. The average Bonchev–Trinajstić information content (AvgIpc) is 2.46. The van der Waals surface area contributed by atoms with E-state index in [1.165, 1.54) is 0 Å². The molecule has 2 aromatic heterocycles. The molecular formula is C16H11BrN2O. The molecule has 98 valence electrons. The molecule has 0 spiro atoms. The Labute approximate surface area is 124 Å². The third kappa shape index (κ3) is 2.34. The van der Waals surface area contributed by atoms with Gasteiger partial charge in [0, 0.05) is 27.8 Å². The molecule has 4 heteroatoms. The number of halogens is 1. The fraction of sp³-hybridized carbons (Fsp3) is 0.0625. The maximum absolute atomic E-state index is 12.5. The average molecular weight is 327 g/mol. The number of aromatic nitrogens is 2. The first-order chi connectivity index (χ1) is 9.65. The molecule has 0 radical (unpaired) electrons. The molecule has 0 fully saturated rings. The van der Waals surface area contributed by atoms with E-state index < -0.39 is 0 Å². The Hall–Kier alpha value is -2.07. The van der Waals surface area contributed by atoms with Gasteiger partial charge in [0.05, 0.1) is 5.52 Å². The first-order valence-corrected chi connectivity index (χ1v) is 6.96. The van der Waals surface area contributed by atoms with E-state index in [1.807, 2.05) is 43.3 Å². The molecule has 0 amide bonds. The van der Waals surface area contributed by atoms with E-state index in [0.29, 0.717) is 15.7 Å². The summed E-state index contributed by atoms with van der Waals surface area (Å²) >= 11 is 3.43. The number of benzene rings is 1. The van der Waals surface area contributed by atoms with Crippen molar-refractivity contribution >= 4 is 32.6 Å². The lowest BCUT2D eigenvalue weighted by Crippen LogP contribution is -2.06. The van der Waals surface area contributed by atoms with E-state index >= 15 is 0 Å². The van der Waals surface area contributed by atoms with Crippen LogP contribution in [0.5, 0.6) is 0 Å². The minimum atomic E-state index is -0.126. The fourth-order valence-electron chi connectivity index (χ4n) is 2.07. The van der Waals surface area contributed by atoms with Crippen LogP contribution in [0, 0.1) is 6.92 Å². The molecule has 3 rings (SSSR count). The van der Waals surface area contributed by atoms with Crippen LogP contribution in [0.25, 0.3) is 10.9 Å². The van der Waals surface area contributed by atoms with Gasteiger partial charge in [-0.2, -0.15) is 0 Å². The molecule has 0 bridgehead atoms. The van der Waals surface area contributed by atoms with Crippen LogP contribution in [-0.2, 0) is 0 Å². The molecule has 3 aromatic rings. The van der Waals surface area contributed by atoms with Crippen molar-refractivity contribution in [2.45, 2.75) is 6.92 Å². The lowest BCUT2D eigenvalue weighted by atomic mass is 10.1. The van der Waals surface area contributed by atoms with Crippen molar-refractivity contribution < 1.29 is 4.79 Å². The van der Waals surface area contributed by atoms with Gasteiger partial charge in [0.15, 0.2) is 0 Å². The lowest BCUT2D eigenvalue weighted by Gasteiger charge is -2.06. The van der Waals surface area contributed by atoms with E-state index in [0.717, 1.165) is 16.5 Å². The number of carbonyl (C=O) groups is 1. The first kappa shape index (κ1) is 12.9. The maximum Gasteiger partial charge on any atom is 0.214 e. The molecule has 0 saturated carbocycles. The maximum atomic E-state index is 12.5. The summed E-state index contributed by atoms with van der Waals surface area (Å²) in [5, 5.41) is 0.998. The predicted molar refractivity (Wildman–Crippen MR) is 81.8 cm³/mol. The number of fused-ring (bicyclic) bond motifs is 1. The highest BCUT2D eigenvalue weighted by Crippen LogP contribution is 2.23. The van der Waals surface area contributed by atoms with Gasteiger partial charge in [-0.05, 0) is 46.6 Å². The van der Waals surface area contributed by atoms with E-state index in [9.17, 15) is 4.79 Å². The topological polar surface area (TPSA) is 42.9 Å². The number of hydrogen-bond donors (Lipinski definition) is 0. The van der Waals surface area contributed by atoms with Gasteiger partial charge in [-0.3, -0.25) is 9.78 Å². The summed E-state index contributed by atoms with van der Waals surface area (Å²) in [6, 6.07) is 11.5. The normalized spacial score (nSPS) is 10.7. The highest BCUT2D eigenvalue weighted by molar-refractivity contribution is 9.10. The van der Waals surface area contributed by atoms with Gasteiger partial charge in [0.2, 0.25) is 5.78 Å². The van der Waals surface area contributed by atoms with Crippen LogP contribution in [0.4, 0.5) is 0 Å². The van der Waals surface area contributed by atoms with Gasteiger partial charge in [-0.25, -0.2) is 4.98 Å². The van der Waals surface area contributed by atoms with Gasteiger partial charge in [0.1, 0.15) is 5.69 Å². The summed E-state index contributed by atoms with van der Waals surface area (Å²) in [5.41, 5.74) is 2.72. The third-order valence-corrected chi connectivity index (χ3v) is 3.63. The SMILES string of the molecule is Cc1cncc(C(=O)c2nc3ccccc3cc2Br)c1. The molecule has 0 N–H and O–H groups in total. The Morgan fingerprint density at radius 1 is 1.15 bits per heavy atom. The van der Waals surface area contributed by atoms with Crippen molar-refractivity contribution in [1.82, 2.24) is 9.97 Å². The molecule has 0 atom stereocenters. The van der Waals surface area contributed by atoms with E-state index in [4.69, 9.17) is 0 Å². The molecule has 0 aliphatic rings. The summed E-state index contributed by atoms with van der Waals surface area (Å²) in [6.45, 7) is 1.91. The zero-order valence-corrected chi connectivity index (χ0v) is 12.4. The monoisotopic (exact) mass is 326 g/mol. The van der Waals surface area contributed by atoms with Crippen molar-refractivity contribution in [1.29, 1.82) is 0 Å². The summed E-state index contributed by atoms with van der Waals surface area (Å²) in [6.07, 6.45) is 3.29. The Kier molecular flexibility index (Phi) is 3.32. The summed E-state index contributed by atoms with van der Waals surface area (Å²) < 4.78 is 0.697. The molecular weight excluding hydrogens is 316 g/mol. The Morgan fingerprint density at radius 2 is 1.95 bits per heavy atom. The molecule has 0 aliphatic heterocycles. The lowest BCUT2D eigenvalue weighted by molar-refractivity contribution is 0.103. The van der Waals surface area contributed by atoms with Crippen molar-refractivity contribution in [2.75, 3.05) is 0 Å². The van der Waals surface area contributed by atoms with Crippen LogP contribution in [0.15, 0.2) is 53.3 Å². The van der Waals surface area contributed by atoms with E-state index in [1.54, 1.807) is 12.4 Å². The van der Waals surface area contributed by atoms with Crippen molar-refractivity contribution in [3.63, 3.8) is 0 Å². The second-order valence-electron chi connectivity index (χ2n) is 4.59. The van der Waals surface area contributed by atoms with Crippen molar-refractivity contribution in [3.05, 3.63) is 70.1 Å². The number of rotatable bonds is 2. The number of para-hydroxylation sites is 1. The summed E-state index contributed by atoms with van der Waals surface area (Å²) in [7, 11) is 0. The first-order valence-electron chi connectivity index (χ1n) is 6.17. The molecule has 0 aliphatic carbocycles. The highest BCUT2D eigenvalue weighted by Gasteiger charge is 2.15. The molecule has 3 nitrogen and oxygen atoms in total. The number of nitrogens with zero attached hydrogens (tertiary/aromatic N) is 2. The Balaban J connectivity index is 2.14. The quantitative estimate of drug-likeness (QED) is 0.670. The molecule has 20 heavy (non-hydrogen) atoms. The molecule has 2 heterocycles. The smallest absolute Gasteiger partial charge is 0.214 e. The second-order valence-corrected chi connectivity index (χ2v) is 5.45. The van der Waals surface area contributed by atoms with Gasteiger partial charge in [0.25, 0.3) is 0 Å². The largest absolute Gasteiger partial charge is 0.287 e. The fourth-order valence-corrected chi connectivity index (χ4v) is 2.58. The zero-order chi connectivity index (χ0) is 14.1. The van der Waals surface area contributed by atoms with Crippen LogP contribution in [-0.4, -0.2) is 15.8 Å². The highest BCUT2D eigenvalue weighted by atomic mass is 79.9. The molecule has 0 saturated heterocycles. The van der Waals surface area contributed by atoms with Crippen molar-refractivity contribution in [2.24, 2.45) is 0 Å². The van der Waals surface area contributed by atoms with Crippen LogP contribution in [0.3, 0.4) is 0 Å². The second kappa shape index (κ2) is 5.13. The van der Waals surface area contributed by atoms with Crippen molar-refractivity contribution in [3.8, 4) is 0 Å². The predicted octanol–water partition coefficient (Wildman–Crippen LogP) is 3.93. The van der Waals surface area contributed by atoms with E-state index in [-0.39, 0.29) is 5.78 Å². The van der Waals surface area contributed by atoms with Gasteiger partial charge < -0.3 is 0 Å². The van der Waals surface area contributed by atoms with Crippen LogP contribution >= 0.6 is 15.9 Å². The van der Waals surface area contributed by atoms with Gasteiger partial charge in [-0.1, -0.05) is 18.2 Å². The van der Waals surface area contributed by atoms with Crippen LogP contribution in [0.2, 0.25) is 0 Å². The number of ketones is 1. The number of hydrogen-bond acceptors (Lipinski definition) is 3. The Morgan fingerprint density at radius 3 is 2.75 bits per heavy atom. The zero-order valence-electron chi connectivity index (χ0n) is 10.8. The number of pyridine rings is 2. The standard InChI is InChI=1S/C16H11BrN2O/c1-10-6-12(9-18-8-10)16(20)15-13(17)7-11-4-2-3-5-14(11)19-15/h2-9H,1H3. The van der Waals surface area contributed by atoms with Crippen LogP contribution in [0.1, 0.15) is 21.6 Å². The summed E-state index contributed by atoms with van der Waals surface area (Å²) in [5.74, 6) is -0.126. The van der Waals surface area contributed by atoms with E-state index in [2.05, 4.69) is 25.9 Å². The summed E-state index contributed by atoms with van der Waals surface area (Å²) in [4.78, 5) is 21.0. The molecule has 0 unspecified atom stereocenters. The number of aryl methyl sites for hydroxylation is 1. The van der Waals surface area contributed by atoms with Crippen LogP contribution < -0.4 is 0 Å².